The van der Waals surface area contributed by atoms with Gasteiger partial charge in [-0.1, -0.05) is 18.2 Å². The number of para-hydroxylation sites is 1. The van der Waals surface area contributed by atoms with Crippen LogP contribution in [0.5, 0.6) is 11.5 Å². The molecule has 0 saturated carbocycles. The molecule has 6 nitrogen and oxygen atoms in total. The maximum absolute atomic E-state index is 12.8. The summed E-state index contributed by atoms with van der Waals surface area (Å²) in [5.74, 6) is 0.906. The van der Waals surface area contributed by atoms with Crippen molar-refractivity contribution in [2.24, 2.45) is 0 Å². The average molecular weight is 337 g/mol. The van der Waals surface area contributed by atoms with Gasteiger partial charge in [-0.05, 0) is 37.3 Å². The second-order valence-corrected chi connectivity index (χ2v) is 5.44. The molecule has 1 aromatic heterocycles. The number of hydrogen-bond acceptors (Lipinski definition) is 4. The molecule has 1 N–H and O–H groups in total. The smallest absolute Gasteiger partial charge is 0.274 e. The van der Waals surface area contributed by atoms with Gasteiger partial charge in [-0.15, -0.1) is 0 Å². The fourth-order valence-electron chi connectivity index (χ4n) is 2.52. The van der Waals surface area contributed by atoms with Gasteiger partial charge >= 0.3 is 0 Å². The zero-order valence-corrected chi connectivity index (χ0v) is 14.3. The van der Waals surface area contributed by atoms with Crippen LogP contribution in [0.4, 0.5) is 5.69 Å². The molecule has 6 heteroatoms. The van der Waals surface area contributed by atoms with Gasteiger partial charge in [0.25, 0.3) is 5.91 Å². The number of anilines is 1. The van der Waals surface area contributed by atoms with E-state index in [1.165, 1.54) is 0 Å². The second kappa shape index (κ2) is 7.09. The van der Waals surface area contributed by atoms with Crippen LogP contribution in [0.15, 0.2) is 54.6 Å². The van der Waals surface area contributed by atoms with Gasteiger partial charge in [0.2, 0.25) is 0 Å². The van der Waals surface area contributed by atoms with E-state index in [2.05, 4.69) is 10.4 Å². The summed E-state index contributed by atoms with van der Waals surface area (Å²) in [4.78, 5) is 12.8. The molecule has 0 aliphatic heterocycles. The lowest BCUT2D eigenvalue weighted by molar-refractivity contribution is 0.101. The third-order valence-corrected chi connectivity index (χ3v) is 3.72. The van der Waals surface area contributed by atoms with Gasteiger partial charge in [-0.25, -0.2) is 4.68 Å². The summed E-state index contributed by atoms with van der Waals surface area (Å²) in [6, 6.07) is 16.5. The molecule has 25 heavy (non-hydrogen) atoms. The molecule has 1 amide bonds. The molecule has 0 bridgehead atoms. The van der Waals surface area contributed by atoms with E-state index in [-0.39, 0.29) is 5.91 Å². The maximum atomic E-state index is 12.8. The summed E-state index contributed by atoms with van der Waals surface area (Å²) >= 11 is 0. The minimum atomic E-state index is -0.270. The Morgan fingerprint density at radius 1 is 1.04 bits per heavy atom. The van der Waals surface area contributed by atoms with Gasteiger partial charge < -0.3 is 14.8 Å². The fourth-order valence-corrected chi connectivity index (χ4v) is 2.52. The van der Waals surface area contributed by atoms with E-state index in [0.29, 0.717) is 22.9 Å². The van der Waals surface area contributed by atoms with Crippen LogP contribution in [0.1, 0.15) is 16.2 Å². The van der Waals surface area contributed by atoms with Crippen molar-refractivity contribution in [2.45, 2.75) is 6.92 Å². The predicted molar refractivity (Wildman–Crippen MR) is 95.8 cm³/mol. The van der Waals surface area contributed by atoms with Gasteiger partial charge in [-0.2, -0.15) is 5.10 Å². The third-order valence-electron chi connectivity index (χ3n) is 3.72. The van der Waals surface area contributed by atoms with Crippen molar-refractivity contribution in [1.82, 2.24) is 9.78 Å². The molecule has 0 radical (unpaired) electrons. The van der Waals surface area contributed by atoms with E-state index < -0.39 is 0 Å². The quantitative estimate of drug-likeness (QED) is 0.774. The first-order valence-corrected chi connectivity index (χ1v) is 7.78. The van der Waals surface area contributed by atoms with E-state index in [1.54, 1.807) is 43.2 Å². The lowest BCUT2D eigenvalue weighted by Gasteiger charge is -2.12. The van der Waals surface area contributed by atoms with Crippen molar-refractivity contribution in [2.75, 3.05) is 19.5 Å². The average Bonchev–Trinajstić information content (AvgIpc) is 3.04. The van der Waals surface area contributed by atoms with Crippen molar-refractivity contribution >= 4 is 11.6 Å². The topological polar surface area (TPSA) is 65.4 Å². The molecule has 0 fully saturated rings. The first kappa shape index (κ1) is 16.6. The van der Waals surface area contributed by atoms with E-state index in [9.17, 15) is 4.79 Å². The summed E-state index contributed by atoms with van der Waals surface area (Å²) in [6.45, 7) is 1.85. The lowest BCUT2D eigenvalue weighted by atomic mass is 10.2. The van der Waals surface area contributed by atoms with Crippen LogP contribution in [0.2, 0.25) is 0 Å². The van der Waals surface area contributed by atoms with Gasteiger partial charge in [0.1, 0.15) is 17.2 Å². The highest BCUT2D eigenvalue weighted by Crippen LogP contribution is 2.29. The number of methoxy groups -OCH3 is 2. The zero-order valence-electron chi connectivity index (χ0n) is 14.3. The lowest BCUT2D eigenvalue weighted by Crippen LogP contribution is -2.17. The minimum absolute atomic E-state index is 0.270. The molecule has 0 unspecified atom stereocenters. The highest BCUT2D eigenvalue weighted by atomic mass is 16.5. The Kier molecular flexibility index (Phi) is 4.70. The van der Waals surface area contributed by atoms with Crippen LogP contribution in [0, 0.1) is 6.92 Å². The van der Waals surface area contributed by atoms with Crippen LogP contribution in [0.25, 0.3) is 5.69 Å². The van der Waals surface area contributed by atoms with Gasteiger partial charge in [0, 0.05) is 6.07 Å². The Morgan fingerprint density at radius 2 is 1.80 bits per heavy atom. The fraction of sp³-hybridized carbons (Fsp3) is 0.158. The van der Waals surface area contributed by atoms with E-state index in [0.717, 1.165) is 11.4 Å². The molecule has 3 aromatic rings. The predicted octanol–water partition coefficient (Wildman–Crippen LogP) is 3.45. The second-order valence-electron chi connectivity index (χ2n) is 5.44. The Balaban J connectivity index is 1.93. The number of nitrogens with zero attached hydrogens (tertiary/aromatic N) is 2. The highest BCUT2D eigenvalue weighted by molar-refractivity contribution is 6.04. The highest BCUT2D eigenvalue weighted by Gasteiger charge is 2.17. The van der Waals surface area contributed by atoms with Crippen LogP contribution in [-0.2, 0) is 0 Å². The SMILES string of the molecule is COc1ccc(NC(=O)c2cc(C)nn2-c2ccccc2)c(OC)c1. The maximum Gasteiger partial charge on any atom is 0.274 e. The largest absolute Gasteiger partial charge is 0.497 e. The molecule has 0 aliphatic carbocycles. The molecule has 2 aromatic carbocycles. The van der Waals surface area contributed by atoms with Crippen molar-refractivity contribution in [1.29, 1.82) is 0 Å². The number of ether oxygens (including phenoxy) is 2. The Hall–Kier alpha value is -3.28. The third kappa shape index (κ3) is 3.47. The summed E-state index contributed by atoms with van der Waals surface area (Å²) in [6.07, 6.45) is 0. The van der Waals surface area contributed by atoms with E-state index >= 15 is 0 Å². The first-order valence-electron chi connectivity index (χ1n) is 7.78. The standard InChI is InChI=1S/C19H19N3O3/c1-13-11-17(22(21-13)14-7-5-4-6-8-14)19(23)20-16-10-9-15(24-2)12-18(16)25-3/h4-12H,1-3H3,(H,20,23). The van der Waals surface area contributed by atoms with Crippen LogP contribution >= 0.6 is 0 Å². The number of aromatic nitrogens is 2. The number of hydrogen-bond donors (Lipinski definition) is 1. The van der Waals surface area contributed by atoms with Crippen molar-refractivity contribution in [3.8, 4) is 17.2 Å². The van der Waals surface area contributed by atoms with Crippen LogP contribution in [0.3, 0.4) is 0 Å². The summed E-state index contributed by atoms with van der Waals surface area (Å²) < 4.78 is 12.1. The van der Waals surface area contributed by atoms with E-state index in [4.69, 9.17) is 9.47 Å². The molecule has 0 spiro atoms. The molecular formula is C19H19N3O3. The van der Waals surface area contributed by atoms with E-state index in [1.807, 2.05) is 37.3 Å². The Labute approximate surface area is 146 Å². The molecular weight excluding hydrogens is 318 g/mol. The summed E-state index contributed by atoms with van der Waals surface area (Å²) in [7, 11) is 3.12. The Morgan fingerprint density at radius 3 is 2.48 bits per heavy atom. The van der Waals surface area contributed by atoms with Crippen molar-refractivity contribution < 1.29 is 14.3 Å². The number of benzene rings is 2. The molecule has 0 atom stereocenters. The number of rotatable bonds is 5. The normalized spacial score (nSPS) is 10.4. The number of carbonyl (C=O) groups excluding carboxylic acids is 1. The Bertz CT molecular complexity index is 888. The van der Waals surface area contributed by atoms with Crippen LogP contribution < -0.4 is 14.8 Å². The van der Waals surface area contributed by atoms with Crippen molar-refractivity contribution in [3.05, 3.63) is 66.0 Å². The number of amides is 1. The summed E-state index contributed by atoms with van der Waals surface area (Å²) in [5.41, 5.74) is 2.59. The molecule has 3 rings (SSSR count). The first-order chi connectivity index (χ1) is 12.1. The minimum Gasteiger partial charge on any atom is -0.497 e. The van der Waals surface area contributed by atoms with Gasteiger partial charge in [0.05, 0.1) is 31.3 Å². The van der Waals surface area contributed by atoms with Gasteiger partial charge in [0.15, 0.2) is 0 Å². The number of nitrogens with one attached hydrogen (secondary N) is 1. The molecule has 0 saturated heterocycles. The molecule has 128 valence electrons. The van der Waals surface area contributed by atoms with Crippen LogP contribution in [-0.4, -0.2) is 29.9 Å². The number of aryl methyl sites for hydroxylation is 1. The monoisotopic (exact) mass is 337 g/mol. The van der Waals surface area contributed by atoms with Crippen molar-refractivity contribution in [3.63, 3.8) is 0 Å². The zero-order chi connectivity index (χ0) is 17.8. The summed E-state index contributed by atoms with van der Waals surface area (Å²) in [5, 5.41) is 7.29. The molecule has 0 aliphatic rings. The van der Waals surface area contributed by atoms with Gasteiger partial charge in [-0.3, -0.25) is 4.79 Å². The number of carbonyl (C=O) groups is 1. The molecule has 1 heterocycles.